The second-order valence-corrected chi connectivity index (χ2v) is 4.88. The Hall–Kier alpha value is -2.58. The first kappa shape index (κ1) is 18.8. The van der Waals surface area contributed by atoms with Crippen molar-refractivity contribution in [3.05, 3.63) is 66.2 Å². The van der Waals surface area contributed by atoms with Crippen LogP contribution < -0.4 is 0 Å². The lowest BCUT2D eigenvalue weighted by Crippen LogP contribution is -2.06. The number of fused-ring (bicyclic) bond motifs is 1. The number of halogens is 7. The van der Waals surface area contributed by atoms with E-state index >= 15 is 0 Å². The Morgan fingerprint density at radius 1 is 0.720 bits per heavy atom. The Balaban J connectivity index is 0.000000399. The van der Waals surface area contributed by atoms with Crippen molar-refractivity contribution in [2.45, 2.75) is 6.18 Å². The first-order chi connectivity index (χ1) is 11.6. The van der Waals surface area contributed by atoms with Gasteiger partial charge in [-0.1, -0.05) is 24.3 Å². The number of rotatable bonds is 1. The van der Waals surface area contributed by atoms with Crippen molar-refractivity contribution in [3.63, 3.8) is 0 Å². The number of alkyl halides is 3. The first-order valence-corrected chi connectivity index (χ1v) is 6.91. The van der Waals surface area contributed by atoms with E-state index in [2.05, 4.69) is 0 Å². The summed E-state index contributed by atoms with van der Waals surface area (Å²) in [6.45, 7) is 0. The molecule has 3 rings (SSSR count). The molecule has 9 heteroatoms. The molecule has 0 aliphatic carbocycles. The fourth-order valence-corrected chi connectivity index (χ4v) is 2.12. The first-order valence-electron chi connectivity index (χ1n) is 6.91. The maximum absolute atomic E-state index is 13.0. The van der Waals surface area contributed by atoms with Gasteiger partial charge >= 0.3 is 24.8 Å². The van der Waals surface area contributed by atoms with Crippen LogP contribution in [0.15, 0.2) is 65.1 Å². The Morgan fingerprint density at radius 2 is 1.28 bits per heavy atom. The Kier molecular flexibility index (Phi) is 5.34. The zero-order chi connectivity index (χ0) is 18.7. The molecule has 1 heterocycles. The van der Waals surface area contributed by atoms with Gasteiger partial charge in [-0.05, 0) is 24.3 Å². The molecule has 0 bridgehead atoms. The summed E-state index contributed by atoms with van der Waals surface area (Å²) in [6, 6.07) is 15.9. The number of para-hydroxylation sites is 1. The molecular weight excluding hydrogens is 352 g/mol. The van der Waals surface area contributed by atoms with Gasteiger partial charge in [-0.3, -0.25) is 0 Å². The van der Waals surface area contributed by atoms with Gasteiger partial charge in [-0.15, -0.1) is 0 Å². The highest BCUT2D eigenvalue weighted by molar-refractivity contribution is 6.50. The van der Waals surface area contributed by atoms with E-state index in [0.717, 1.165) is 11.5 Å². The van der Waals surface area contributed by atoms with Crippen LogP contribution in [0.5, 0.6) is 0 Å². The molecule has 1 aromatic heterocycles. The van der Waals surface area contributed by atoms with Gasteiger partial charge in [0.15, 0.2) is 0 Å². The second kappa shape index (κ2) is 7.12. The van der Waals surface area contributed by atoms with Crippen molar-refractivity contribution < 1.29 is 34.9 Å². The maximum Gasteiger partial charge on any atom is 0.673 e. The number of hydrogen-bond donors (Lipinski definition) is 0. The minimum absolute atomic E-state index is 0.0470. The van der Waals surface area contributed by atoms with E-state index < -0.39 is 19.0 Å². The predicted octanol–water partition coefficient (Wildman–Crippen LogP) is 6.70. The van der Waals surface area contributed by atoms with E-state index in [4.69, 9.17) is 4.42 Å². The fraction of sp³-hybridized carbons (Fsp3) is 0.0625. The largest absolute Gasteiger partial charge is 0.673 e. The van der Waals surface area contributed by atoms with Crippen LogP contribution in [0, 0.1) is 0 Å². The van der Waals surface area contributed by atoms with Crippen LogP contribution >= 0.6 is 0 Å². The molecule has 0 radical (unpaired) electrons. The summed E-state index contributed by atoms with van der Waals surface area (Å²) in [7, 11) is -6.00. The molecule has 0 spiro atoms. The number of hydrogen-bond acceptors (Lipinski definition) is 0. The Labute approximate surface area is 137 Å². The molecule has 25 heavy (non-hydrogen) atoms. The molecule has 0 saturated heterocycles. The lowest BCUT2D eigenvalue weighted by Gasteiger charge is -2.08. The molecule has 3 aromatic rings. The van der Waals surface area contributed by atoms with E-state index in [-0.39, 0.29) is 11.3 Å². The standard InChI is InChI=1S/C16H10F3O.BF4/c17-16(18,19)13-7-3-2-6-12(13)15-10-9-11-5-1-4-8-14(11)20-15;2-1(3,4)5/h1-10H;/q+1;-1. The summed E-state index contributed by atoms with van der Waals surface area (Å²) in [6.07, 6.45) is -4.41. The van der Waals surface area contributed by atoms with E-state index in [1.54, 1.807) is 30.3 Å². The highest BCUT2D eigenvalue weighted by atomic mass is 19.5. The van der Waals surface area contributed by atoms with Crippen molar-refractivity contribution in [2.24, 2.45) is 0 Å². The molecule has 0 aliphatic heterocycles. The second-order valence-electron chi connectivity index (χ2n) is 4.88. The molecule has 0 N–H and O–H groups in total. The molecule has 0 unspecified atom stereocenters. The average Bonchev–Trinajstić information content (AvgIpc) is 2.52. The van der Waals surface area contributed by atoms with E-state index in [9.17, 15) is 30.4 Å². The third kappa shape index (κ3) is 5.48. The highest BCUT2D eigenvalue weighted by Gasteiger charge is 2.36. The van der Waals surface area contributed by atoms with Crippen molar-refractivity contribution >= 4 is 18.2 Å². The molecule has 0 saturated carbocycles. The van der Waals surface area contributed by atoms with Crippen molar-refractivity contribution in [1.29, 1.82) is 0 Å². The van der Waals surface area contributed by atoms with Gasteiger partial charge in [-0.2, -0.15) is 13.2 Å². The van der Waals surface area contributed by atoms with Gasteiger partial charge in [-0.25, -0.2) is 4.42 Å². The lowest BCUT2D eigenvalue weighted by molar-refractivity contribution is -0.137. The average molecular weight is 362 g/mol. The van der Waals surface area contributed by atoms with E-state index in [0.29, 0.717) is 5.58 Å². The van der Waals surface area contributed by atoms with E-state index in [1.165, 1.54) is 12.1 Å². The van der Waals surface area contributed by atoms with Gasteiger partial charge in [0.25, 0.3) is 0 Å². The summed E-state index contributed by atoms with van der Waals surface area (Å²) in [4.78, 5) is 0. The fourth-order valence-electron chi connectivity index (χ4n) is 2.12. The minimum atomic E-state index is -6.00. The van der Waals surface area contributed by atoms with Crippen molar-refractivity contribution in [1.82, 2.24) is 0 Å². The Bertz CT molecular complexity index is 853. The van der Waals surface area contributed by atoms with Gasteiger partial charge in [0.05, 0.1) is 16.5 Å². The van der Waals surface area contributed by atoms with Crippen LogP contribution in [-0.2, 0) is 6.18 Å². The van der Waals surface area contributed by atoms with Gasteiger partial charge < -0.3 is 17.3 Å². The van der Waals surface area contributed by atoms with Gasteiger partial charge in [0, 0.05) is 12.1 Å². The van der Waals surface area contributed by atoms with Crippen LogP contribution in [-0.4, -0.2) is 7.25 Å². The molecule has 0 atom stereocenters. The molecule has 0 amide bonds. The van der Waals surface area contributed by atoms with E-state index in [1.807, 2.05) is 12.1 Å². The SMILES string of the molecule is FC(F)(F)c1ccccc1-c1ccc2ccccc2[o+]1.F[B-](F)(F)F. The summed E-state index contributed by atoms with van der Waals surface area (Å²) in [5, 5.41) is 0.848. The summed E-state index contributed by atoms with van der Waals surface area (Å²) >= 11 is 0. The molecule has 0 fully saturated rings. The number of benzene rings is 2. The summed E-state index contributed by atoms with van der Waals surface area (Å²) < 4.78 is 83.6. The van der Waals surface area contributed by atoms with Gasteiger partial charge in [0.1, 0.15) is 0 Å². The van der Waals surface area contributed by atoms with Crippen LogP contribution in [0.3, 0.4) is 0 Å². The normalized spacial score (nSPS) is 11.8. The lowest BCUT2D eigenvalue weighted by atomic mass is 10.0. The quantitative estimate of drug-likeness (QED) is 0.266. The predicted molar refractivity (Wildman–Crippen MR) is 81.2 cm³/mol. The van der Waals surface area contributed by atoms with Crippen LogP contribution in [0.25, 0.3) is 22.3 Å². The Morgan fingerprint density at radius 3 is 1.92 bits per heavy atom. The zero-order valence-corrected chi connectivity index (χ0v) is 12.4. The van der Waals surface area contributed by atoms with Gasteiger partial charge in [0.2, 0.25) is 0 Å². The zero-order valence-electron chi connectivity index (χ0n) is 12.4. The molecule has 0 aliphatic rings. The third-order valence-corrected chi connectivity index (χ3v) is 3.05. The monoisotopic (exact) mass is 362 g/mol. The molecular formula is C16H10BF7O. The van der Waals surface area contributed by atoms with Crippen molar-refractivity contribution in [2.75, 3.05) is 0 Å². The van der Waals surface area contributed by atoms with Crippen LogP contribution in [0.2, 0.25) is 0 Å². The minimum Gasteiger partial charge on any atom is -0.418 e. The van der Waals surface area contributed by atoms with Crippen LogP contribution in [0.4, 0.5) is 30.4 Å². The smallest absolute Gasteiger partial charge is 0.418 e. The van der Waals surface area contributed by atoms with Crippen molar-refractivity contribution in [3.8, 4) is 11.3 Å². The topological polar surface area (TPSA) is 11.3 Å². The molecule has 132 valence electrons. The third-order valence-electron chi connectivity index (χ3n) is 3.05. The highest BCUT2D eigenvalue weighted by Crippen LogP contribution is 2.37. The molecule has 1 nitrogen and oxygen atoms in total. The maximum atomic E-state index is 13.0. The summed E-state index contributed by atoms with van der Waals surface area (Å²) in [5.74, 6) is 0.205. The summed E-state index contributed by atoms with van der Waals surface area (Å²) in [5.41, 5.74) is -0.0910. The van der Waals surface area contributed by atoms with Crippen LogP contribution in [0.1, 0.15) is 5.56 Å². The molecule has 2 aromatic carbocycles.